The first-order chi connectivity index (χ1) is 17.9. The number of rotatable bonds is 9. The fourth-order valence-corrected chi connectivity index (χ4v) is 4.11. The van der Waals surface area contributed by atoms with E-state index in [1.54, 1.807) is 24.3 Å². The third kappa shape index (κ3) is 6.67. The van der Waals surface area contributed by atoms with Crippen LogP contribution in [0.4, 0.5) is 11.4 Å². The number of nitro benzene ring substituents is 1. The summed E-state index contributed by atoms with van der Waals surface area (Å²) in [7, 11) is 0. The largest absolute Gasteiger partial charge is 0.343 e. The van der Waals surface area contributed by atoms with E-state index in [2.05, 4.69) is 10.6 Å². The van der Waals surface area contributed by atoms with Crippen LogP contribution in [0, 0.1) is 17.0 Å². The van der Waals surface area contributed by atoms with Crippen LogP contribution in [0.25, 0.3) is 0 Å². The van der Waals surface area contributed by atoms with E-state index >= 15 is 0 Å². The van der Waals surface area contributed by atoms with Gasteiger partial charge in [-0.15, -0.1) is 0 Å². The number of anilines is 1. The van der Waals surface area contributed by atoms with Gasteiger partial charge < -0.3 is 10.6 Å². The molecule has 37 heavy (non-hydrogen) atoms. The van der Waals surface area contributed by atoms with E-state index in [1.807, 2.05) is 79.7 Å². The minimum absolute atomic E-state index is 0.0401. The molecule has 0 aliphatic carbocycles. The highest BCUT2D eigenvalue weighted by Crippen LogP contribution is 2.25. The van der Waals surface area contributed by atoms with Crippen LogP contribution in [-0.4, -0.2) is 22.8 Å². The maximum absolute atomic E-state index is 13.7. The Morgan fingerprint density at radius 2 is 1.30 bits per heavy atom. The van der Waals surface area contributed by atoms with Crippen molar-refractivity contribution in [1.82, 2.24) is 5.32 Å². The Balaban J connectivity index is 1.62. The minimum atomic E-state index is -0.912. The lowest BCUT2D eigenvalue weighted by Crippen LogP contribution is -2.47. The molecule has 2 N–H and O–H groups in total. The number of carbonyl (C=O) groups excluding carboxylic acids is 2. The Kier molecular flexibility index (Phi) is 8.05. The molecule has 0 unspecified atom stereocenters. The van der Waals surface area contributed by atoms with Gasteiger partial charge in [-0.3, -0.25) is 19.7 Å². The molecule has 0 spiro atoms. The van der Waals surface area contributed by atoms with Gasteiger partial charge in [-0.1, -0.05) is 90.5 Å². The summed E-state index contributed by atoms with van der Waals surface area (Å²) in [5.74, 6) is -1.31. The molecule has 7 nitrogen and oxygen atoms in total. The highest BCUT2D eigenvalue weighted by molar-refractivity contribution is 5.99. The van der Waals surface area contributed by atoms with Gasteiger partial charge in [0.2, 0.25) is 11.8 Å². The van der Waals surface area contributed by atoms with Gasteiger partial charge >= 0.3 is 0 Å². The van der Waals surface area contributed by atoms with Crippen molar-refractivity contribution >= 4 is 23.2 Å². The number of hydrogen-bond acceptors (Lipinski definition) is 4. The first-order valence-corrected chi connectivity index (χ1v) is 11.9. The van der Waals surface area contributed by atoms with Crippen molar-refractivity contribution in [3.8, 4) is 0 Å². The van der Waals surface area contributed by atoms with Gasteiger partial charge in [0.15, 0.2) is 0 Å². The normalized spacial score (nSPS) is 11.5. The van der Waals surface area contributed by atoms with Crippen molar-refractivity contribution < 1.29 is 14.5 Å². The summed E-state index contributed by atoms with van der Waals surface area (Å²) in [6.45, 7) is 1.95. The molecule has 0 saturated carbocycles. The molecule has 0 aliphatic heterocycles. The predicted octanol–water partition coefficient (Wildman–Crippen LogP) is 5.40. The predicted molar refractivity (Wildman–Crippen MR) is 143 cm³/mol. The fraction of sp³-hybridized carbons (Fsp3) is 0.133. The molecule has 2 amide bonds. The molecule has 4 aromatic rings. The Morgan fingerprint density at radius 1 is 0.757 bits per heavy atom. The third-order valence-electron chi connectivity index (χ3n) is 6.07. The van der Waals surface area contributed by atoms with E-state index in [4.69, 9.17) is 0 Å². The number of nitrogens with one attached hydrogen (secondary N) is 2. The molecule has 186 valence electrons. The maximum Gasteiger partial charge on any atom is 0.269 e. The lowest BCUT2D eigenvalue weighted by molar-refractivity contribution is -0.384. The zero-order valence-electron chi connectivity index (χ0n) is 20.3. The summed E-state index contributed by atoms with van der Waals surface area (Å²) >= 11 is 0. The smallest absolute Gasteiger partial charge is 0.269 e. The van der Waals surface area contributed by atoms with Crippen molar-refractivity contribution in [2.75, 3.05) is 5.32 Å². The van der Waals surface area contributed by atoms with Gasteiger partial charge in [0, 0.05) is 24.2 Å². The number of nitro groups is 1. The molecule has 7 heteroatoms. The van der Waals surface area contributed by atoms with E-state index in [9.17, 15) is 19.7 Å². The van der Waals surface area contributed by atoms with Gasteiger partial charge in [0.25, 0.3) is 5.69 Å². The first kappa shape index (κ1) is 25.3. The minimum Gasteiger partial charge on any atom is -0.343 e. The Labute approximate surface area is 215 Å². The van der Waals surface area contributed by atoms with Crippen LogP contribution in [0.5, 0.6) is 0 Å². The lowest BCUT2D eigenvalue weighted by atomic mass is 9.90. The van der Waals surface area contributed by atoms with E-state index in [-0.39, 0.29) is 23.9 Å². The van der Waals surface area contributed by atoms with Crippen LogP contribution in [0.3, 0.4) is 0 Å². The molecule has 0 saturated heterocycles. The monoisotopic (exact) mass is 493 g/mol. The second kappa shape index (κ2) is 11.8. The van der Waals surface area contributed by atoms with Crippen molar-refractivity contribution in [2.45, 2.75) is 25.3 Å². The first-order valence-electron chi connectivity index (χ1n) is 11.9. The Bertz CT molecular complexity index is 1320. The summed E-state index contributed by atoms with van der Waals surface area (Å²) in [6, 6.07) is 31.2. The second-order valence-corrected chi connectivity index (χ2v) is 8.80. The number of amides is 2. The van der Waals surface area contributed by atoms with Crippen LogP contribution in [0.1, 0.15) is 28.2 Å². The van der Waals surface area contributed by atoms with E-state index in [0.717, 1.165) is 16.7 Å². The maximum atomic E-state index is 13.7. The summed E-state index contributed by atoms with van der Waals surface area (Å²) in [4.78, 5) is 37.7. The number of hydrogen-bond donors (Lipinski definition) is 2. The zero-order valence-corrected chi connectivity index (χ0v) is 20.3. The van der Waals surface area contributed by atoms with Crippen molar-refractivity contribution in [3.63, 3.8) is 0 Å². The number of aryl methyl sites for hydroxylation is 1. The summed E-state index contributed by atoms with van der Waals surface area (Å²) in [5.41, 5.74) is 3.93. The van der Waals surface area contributed by atoms with Crippen LogP contribution in [-0.2, 0) is 16.0 Å². The third-order valence-corrected chi connectivity index (χ3v) is 6.07. The van der Waals surface area contributed by atoms with Gasteiger partial charge in [-0.25, -0.2) is 0 Å². The molecule has 1 atom stereocenters. The topological polar surface area (TPSA) is 101 Å². The number of non-ortho nitro benzene ring substituents is 1. The van der Waals surface area contributed by atoms with Gasteiger partial charge in [0.1, 0.15) is 6.04 Å². The Morgan fingerprint density at radius 3 is 1.81 bits per heavy atom. The molecule has 4 rings (SSSR count). The molecule has 0 aromatic heterocycles. The highest BCUT2D eigenvalue weighted by Gasteiger charge is 2.28. The molecule has 0 heterocycles. The molecule has 0 bridgehead atoms. The number of nitrogens with zero attached hydrogens (tertiary/aromatic N) is 1. The van der Waals surface area contributed by atoms with Crippen LogP contribution in [0.15, 0.2) is 109 Å². The average molecular weight is 494 g/mol. The van der Waals surface area contributed by atoms with Crippen molar-refractivity contribution in [2.24, 2.45) is 0 Å². The summed E-state index contributed by atoms with van der Waals surface area (Å²) in [5, 5.41) is 16.9. The van der Waals surface area contributed by atoms with Gasteiger partial charge in [-0.2, -0.15) is 0 Å². The fourth-order valence-electron chi connectivity index (χ4n) is 4.11. The summed E-state index contributed by atoms with van der Waals surface area (Å²) in [6.07, 6.45) is 0.164. The molecule has 0 radical (unpaired) electrons. The van der Waals surface area contributed by atoms with Crippen molar-refractivity contribution in [1.29, 1.82) is 0 Å². The average Bonchev–Trinajstić information content (AvgIpc) is 2.91. The van der Waals surface area contributed by atoms with E-state index in [0.29, 0.717) is 11.3 Å². The van der Waals surface area contributed by atoms with E-state index in [1.165, 1.54) is 12.1 Å². The van der Waals surface area contributed by atoms with Crippen LogP contribution in [0.2, 0.25) is 0 Å². The molecule has 0 aliphatic rings. The number of carbonyl (C=O) groups is 2. The standard InChI is InChI=1S/C30H27N3O4/c1-21-12-16-25(17-13-21)31-29(34)27(20-22-14-18-26(19-15-22)33(36)37)32-30(35)28(23-8-4-2-5-9-23)24-10-6-3-7-11-24/h2-19,27-28H,20H2,1H3,(H,31,34)(H,32,35)/t27-/m1/s1. The SMILES string of the molecule is Cc1ccc(NC(=O)[C@@H](Cc2ccc([N+](=O)[O-])cc2)NC(=O)C(c2ccccc2)c2ccccc2)cc1. The molecular formula is C30H27N3O4. The molecular weight excluding hydrogens is 466 g/mol. The summed E-state index contributed by atoms with van der Waals surface area (Å²) < 4.78 is 0. The molecule has 0 fully saturated rings. The van der Waals surface area contributed by atoms with Crippen LogP contribution >= 0.6 is 0 Å². The second-order valence-electron chi connectivity index (χ2n) is 8.80. The van der Waals surface area contributed by atoms with Crippen molar-refractivity contribution in [3.05, 3.63) is 142 Å². The number of benzene rings is 4. The Hall–Kier alpha value is -4.78. The van der Waals surface area contributed by atoms with Gasteiger partial charge in [0.05, 0.1) is 10.8 Å². The van der Waals surface area contributed by atoms with Gasteiger partial charge in [-0.05, 0) is 35.7 Å². The quantitative estimate of drug-likeness (QED) is 0.241. The van der Waals surface area contributed by atoms with Crippen LogP contribution < -0.4 is 10.6 Å². The zero-order chi connectivity index (χ0) is 26.2. The molecule has 4 aromatic carbocycles. The lowest BCUT2D eigenvalue weighted by Gasteiger charge is -2.23. The highest BCUT2D eigenvalue weighted by atomic mass is 16.6. The van der Waals surface area contributed by atoms with E-state index < -0.39 is 16.9 Å².